The zero-order chi connectivity index (χ0) is 47.4. The van der Waals surface area contributed by atoms with E-state index in [0.717, 1.165) is 101 Å². The highest BCUT2D eigenvalue weighted by Crippen LogP contribution is 2.46. The van der Waals surface area contributed by atoms with E-state index in [1.807, 2.05) is 50.2 Å². The molecule has 0 spiro atoms. The second-order valence-electron chi connectivity index (χ2n) is 18.6. The van der Waals surface area contributed by atoms with Crippen molar-refractivity contribution in [1.29, 1.82) is 0 Å². The van der Waals surface area contributed by atoms with Crippen LogP contribution in [0.4, 0.5) is 27.7 Å². The standard InChI is InChI=1S/C52H55N11O5/c1-6-38-41(18-21-54-47(38)61-28-27-60(51(61)68)37-10-8-20-53-31-37)40-15-13-36(62-32-55-57(5)50(62)67)30-42(40)39-14-12-35(29-33(39)2)59-25-23-58(24-26-59)22-19-34-9-7-11-43-46(34)52(3,4)49(66)63(43)44-16-17-45(64)56-48(44)65/h7-15,18,20-21,29-32,44H,6,16-17,19,22-28H2,1-5H3,(H,56,64,65). The number of aryl methyl sites for hydroxylation is 2. The topological polar surface area (TPSA) is 162 Å². The molecule has 4 aliphatic rings. The van der Waals surface area contributed by atoms with Gasteiger partial charge in [-0.15, -0.1) is 0 Å². The molecule has 3 aromatic heterocycles. The van der Waals surface area contributed by atoms with Crippen molar-refractivity contribution in [3.05, 3.63) is 130 Å². The summed E-state index contributed by atoms with van der Waals surface area (Å²) in [6.07, 6.45) is 8.63. The van der Waals surface area contributed by atoms with E-state index in [1.165, 1.54) is 11.0 Å². The molecule has 16 nitrogen and oxygen atoms in total. The van der Waals surface area contributed by atoms with Crippen LogP contribution >= 0.6 is 0 Å². The van der Waals surface area contributed by atoms with Crippen molar-refractivity contribution < 1.29 is 19.2 Å². The van der Waals surface area contributed by atoms with Gasteiger partial charge < -0.3 is 4.90 Å². The van der Waals surface area contributed by atoms with Crippen LogP contribution in [0.5, 0.6) is 0 Å². The molecule has 1 atom stereocenters. The number of anilines is 4. The number of amides is 5. The lowest BCUT2D eigenvalue weighted by Gasteiger charge is -2.36. The Morgan fingerprint density at radius 1 is 0.779 bits per heavy atom. The van der Waals surface area contributed by atoms with Crippen LogP contribution in [0, 0.1) is 6.92 Å². The van der Waals surface area contributed by atoms with E-state index in [-0.39, 0.29) is 30.0 Å². The Morgan fingerprint density at radius 2 is 1.56 bits per heavy atom. The van der Waals surface area contributed by atoms with E-state index < -0.39 is 17.4 Å². The molecule has 0 bridgehead atoms. The minimum absolute atomic E-state index is 0.112. The molecule has 3 aromatic carbocycles. The quantitative estimate of drug-likeness (QED) is 0.157. The third kappa shape index (κ3) is 7.71. The van der Waals surface area contributed by atoms with Gasteiger partial charge in [0.2, 0.25) is 17.7 Å². The molecule has 1 unspecified atom stereocenters. The molecule has 3 saturated heterocycles. The summed E-state index contributed by atoms with van der Waals surface area (Å²) in [5.74, 6) is -0.195. The number of imide groups is 1. The molecule has 0 aliphatic carbocycles. The van der Waals surface area contributed by atoms with Gasteiger partial charge in [0.1, 0.15) is 18.2 Å². The van der Waals surface area contributed by atoms with Crippen molar-refractivity contribution >= 4 is 46.6 Å². The zero-order valence-corrected chi connectivity index (χ0v) is 39.1. The highest BCUT2D eigenvalue weighted by Gasteiger charge is 2.50. The van der Waals surface area contributed by atoms with Gasteiger partial charge in [-0.1, -0.05) is 31.2 Å². The van der Waals surface area contributed by atoms with Crippen LogP contribution in [0.15, 0.2) is 103 Å². The number of rotatable bonds is 11. The molecule has 1 N–H and O–H groups in total. The van der Waals surface area contributed by atoms with Crippen LogP contribution < -0.4 is 30.6 Å². The van der Waals surface area contributed by atoms with Crippen LogP contribution in [0.1, 0.15) is 55.9 Å². The molecule has 6 aromatic rings. The van der Waals surface area contributed by atoms with Gasteiger partial charge in [-0.25, -0.2) is 23.8 Å². The molecule has 0 radical (unpaired) electrons. The summed E-state index contributed by atoms with van der Waals surface area (Å²) in [7, 11) is 1.64. The van der Waals surface area contributed by atoms with Crippen molar-refractivity contribution in [3.63, 3.8) is 0 Å². The smallest absolute Gasteiger partial charge is 0.350 e. The van der Waals surface area contributed by atoms with Gasteiger partial charge in [0.05, 0.1) is 23.0 Å². The summed E-state index contributed by atoms with van der Waals surface area (Å²) in [6.45, 7) is 13.3. The molecule has 7 heterocycles. The summed E-state index contributed by atoms with van der Waals surface area (Å²) in [5.41, 5.74) is 10.3. The Hall–Kier alpha value is -7.46. The summed E-state index contributed by atoms with van der Waals surface area (Å²) >= 11 is 0. The third-order valence-corrected chi connectivity index (χ3v) is 14.2. The van der Waals surface area contributed by atoms with Crippen molar-refractivity contribution in [2.45, 2.75) is 64.8 Å². The number of urea groups is 1. The minimum atomic E-state index is -0.799. The predicted molar refractivity (Wildman–Crippen MR) is 261 cm³/mol. The number of nitrogens with one attached hydrogen (secondary N) is 1. The normalized spacial score (nSPS) is 18.5. The second-order valence-corrected chi connectivity index (χ2v) is 18.6. The zero-order valence-electron chi connectivity index (χ0n) is 39.1. The van der Waals surface area contributed by atoms with Gasteiger partial charge >= 0.3 is 11.7 Å². The molecule has 16 heteroatoms. The molecule has 348 valence electrons. The fraction of sp³-hybridized carbons (Fsp3) is 0.346. The lowest BCUT2D eigenvalue weighted by molar-refractivity contribution is -0.136. The number of benzene rings is 3. The summed E-state index contributed by atoms with van der Waals surface area (Å²) in [5, 5.41) is 6.65. The fourth-order valence-corrected chi connectivity index (χ4v) is 10.6. The number of hydrogen-bond donors (Lipinski definition) is 1. The number of piperidine rings is 1. The first-order valence-corrected chi connectivity index (χ1v) is 23.4. The molecule has 68 heavy (non-hydrogen) atoms. The van der Waals surface area contributed by atoms with Gasteiger partial charge in [0.25, 0.3) is 0 Å². The monoisotopic (exact) mass is 913 g/mol. The maximum atomic E-state index is 13.9. The van der Waals surface area contributed by atoms with Crippen LogP contribution in [-0.2, 0) is 39.7 Å². The summed E-state index contributed by atoms with van der Waals surface area (Å²) < 4.78 is 2.86. The van der Waals surface area contributed by atoms with E-state index in [2.05, 4.69) is 75.4 Å². The Bertz CT molecular complexity index is 3040. The van der Waals surface area contributed by atoms with E-state index >= 15 is 0 Å². The number of nitrogens with zero attached hydrogens (tertiary/aromatic N) is 10. The molecular formula is C52H55N11O5. The van der Waals surface area contributed by atoms with Gasteiger partial charge in [-0.2, -0.15) is 5.10 Å². The highest BCUT2D eigenvalue weighted by molar-refractivity contribution is 6.14. The molecule has 3 fully saturated rings. The maximum Gasteiger partial charge on any atom is 0.350 e. The highest BCUT2D eigenvalue weighted by atomic mass is 16.2. The third-order valence-electron chi connectivity index (χ3n) is 14.2. The van der Waals surface area contributed by atoms with Gasteiger partial charge in [0, 0.05) is 88.6 Å². The number of carbonyl (C=O) groups excluding carboxylic acids is 4. The number of carbonyl (C=O) groups is 4. The number of aromatic nitrogens is 5. The number of pyridine rings is 2. The molecular weight excluding hydrogens is 859 g/mol. The maximum absolute atomic E-state index is 13.9. The van der Waals surface area contributed by atoms with Crippen LogP contribution in [0.3, 0.4) is 0 Å². The fourth-order valence-electron chi connectivity index (χ4n) is 10.6. The van der Waals surface area contributed by atoms with Crippen molar-refractivity contribution in [2.75, 3.05) is 65.4 Å². The van der Waals surface area contributed by atoms with Crippen molar-refractivity contribution in [1.82, 2.24) is 34.5 Å². The SMILES string of the molecule is CCc1c(-c2ccc(-n3cnn(C)c3=O)cc2-c2ccc(N3CCN(CCc4cccc5c4C(C)(C)C(=O)N5C4CCC(=O)NC4=O)CC3)cc2C)ccnc1N1CCN(c2cccnc2)C1=O. The Morgan fingerprint density at radius 3 is 2.28 bits per heavy atom. The van der Waals surface area contributed by atoms with Crippen LogP contribution in [0.2, 0.25) is 0 Å². The summed E-state index contributed by atoms with van der Waals surface area (Å²) in [6, 6.07) is 23.5. The Kier molecular flexibility index (Phi) is 11.5. The first kappa shape index (κ1) is 44.4. The van der Waals surface area contributed by atoms with Gasteiger partial charge in [-0.05, 0) is 128 Å². The van der Waals surface area contributed by atoms with E-state index in [9.17, 15) is 24.0 Å². The Labute approximate surface area is 394 Å². The molecule has 4 aliphatic heterocycles. The lowest BCUT2D eigenvalue weighted by atomic mass is 9.82. The second kappa shape index (κ2) is 17.6. The predicted octanol–water partition coefficient (Wildman–Crippen LogP) is 5.81. The first-order valence-electron chi connectivity index (χ1n) is 23.4. The molecule has 0 saturated carbocycles. The van der Waals surface area contributed by atoms with Gasteiger partial charge in [0.15, 0.2) is 0 Å². The molecule has 10 rings (SSSR count). The van der Waals surface area contributed by atoms with Gasteiger partial charge in [-0.3, -0.25) is 44.3 Å². The largest absolute Gasteiger partial charge is 0.369 e. The molecule has 5 amide bonds. The number of hydrogen-bond acceptors (Lipinski definition) is 10. The van der Waals surface area contributed by atoms with E-state index in [0.29, 0.717) is 37.4 Å². The average molecular weight is 914 g/mol. The first-order chi connectivity index (χ1) is 32.8. The van der Waals surface area contributed by atoms with Crippen molar-refractivity contribution in [2.24, 2.45) is 7.05 Å². The number of piperazine rings is 1. The minimum Gasteiger partial charge on any atom is -0.369 e. The van der Waals surface area contributed by atoms with E-state index in [4.69, 9.17) is 4.98 Å². The van der Waals surface area contributed by atoms with Crippen molar-refractivity contribution in [3.8, 4) is 27.9 Å². The average Bonchev–Trinajstić information content (AvgIpc) is 3.96. The summed E-state index contributed by atoms with van der Waals surface area (Å²) in [4.78, 5) is 84.8. The number of fused-ring (bicyclic) bond motifs is 1. The van der Waals surface area contributed by atoms with Crippen LogP contribution in [0.25, 0.3) is 27.9 Å². The lowest BCUT2D eigenvalue weighted by Crippen LogP contribution is -2.55. The Balaban J connectivity index is 0.890. The van der Waals surface area contributed by atoms with Crippen LogP contribution in [-0.4, -0.2) is 105 Å². The van der Waals surface area contributed by atoms with E-state index in [1.54, 1.807) is 44.9 Å².